The molecular weight excluding hydrogens is 432 g/mol. The lowest BCUT2D eigenvalue weighted by Gasteiger charge is -2.10. The van der Waals surface area contributed by atoms with E-state index in [2.05, 4.69) is 15.5 Å². The molecule has 0 aliphatic carbocycles. The van der Waals surface area contributed by atoms with Gasteiger partial charge >= 0.3 is 5.97 Å². The van der Waals surface area contributed by atoms with Crippen molar-refractivity contribution in [1.82, 2.24) is 15.0 Å². The molecule has 4 aromatic rings. The van der Waals surface area contributed by atoms with Gasteiger partial charge in [0.05, 0.1) is 18.9 Å². The maximum atomic E-state index is 12.2. The number of rotatable bonds is 7. The smallest absolute Gasteiger partial charge is 0.337 e. The molecule has 8 heteroatoms. The third-order valence-electron chi connectivity index (χ3n) is 5.36. The topological polar surface area (TPSA) is 94.8 Å². The molecule has 0 fully saturated rings. The number of aryl methyl sites for hydroxylation is 1. The van der Waals surface area contributed by atoms with Crippen LogP contribution in [0.4, 0.5) is 0 Å². The first-order valence-corrected chi connectivity index (χ1v) is 10.6. The third-order valence-corrected chi connectivity index (χ3v) is 5.36. The van der Waals surface area contributed by atoms with E-state index in [0.29, 0.717) is 16.8 Å². The van der Waals surface area contributed by atoms with Gasteiger partial charge < -0.3 is 14.0 Å². The van der Waals surface area contributed by atoms with Gasteiger partial charge in [0, 0.05) is 34.2 Å². The minimum absolute atomic E-state index is 0.182. The second kappa shape index (κ2) is 9.99. The SMILES string of the molecule is COC(=O)c1ccc(-n2c(C)cc(C=NNC(=O)COc3cccc4cccnc34)c2C)cc1. The van der Waals surface area contributed by atoms with Gasteiger partial charge in [0.25, 0.3) is 5.91 Å². The van der Waals surface area contributed by atoms with Crippen molar-refractivity contribution >= 4 is 29.0 Å². The molecule has 1 amide bonds. The number of benzene rings is 2. The quantitative estimate of drug-likeness (QED) is 0.258. The number of hydrogen-bond donors (Lipinski definition) is 1. The van der Waals surface area contributed by atoms with Gasteiger partial charge in [-0.05, 0) is 56.3 Å². The zero-order valence-corrected chi connectivity index (χ0v) is 19.1. The Morgan fingerprint density at radius 3 is 2.62 bits per heavy atom. The van der Waals surface area contributed by atoms with Crippen molar-refractivity contribution in [2.24, 2.45) is 5.10 Å². The van der Waals surface area contributed by atoms with Gasteiger partial charge in [0.2, 0.25) is 0 Å². The van der Waals surface area contributed by atoms with Crippen LogP contribution in [0.3, 0.4) is 0 Å². The average Bonchev–Trinajstić information content (AvgIpc) is 3.14. The number of aromatic nitrogens is 2. The molecule has 1 N–H and O–H groups in total. The van der Waals surface area contributed by atoms with Crippen LogP contribution in [0.2, 0.25) is 0 Å². The summed E-state index contributed by atoms with van der Waals surface area (Å²) in [6.45, 7) is 3.75. The first-order chi connectivity index (χ1) is 16.5. The lowest BCUT2D eigenvalue weighted by molar-refractivity contribution is -0.123. The number of methoxy groups -OCH3 is 1. The number of nitrogens with one attached hydrogen (secondary N) is 1. The number of hydrogen-bond acceptors (Lipinski definition) is 6. The van der Waals surface area contributed by atoms with Gasteiger partial charge in [-0.1, -0.05) is 18.2 Å². The first-order valence-electron chi connectivity index (χ1n) is 10.6. The molecule has 172 valence electrons. The van der Waals surface area contributed by atoms with E-state index in [1.54, 1.807) is 30.6 Å². The highest BCUT2D eigenvalue weighted by Gasteiger charge is 2.11. The first kappa shape index (κ1) is 22.7. The third kappa shape index (κ3) is 4.80. The van der Waals surface area contributed by atoms with E-state index in [4.69, 9.17) is 9.47 Å². The number of fused-ring (bicyclic) bond motifs is 1. The molecule has 0 saturated heterocycles. The van der Waals surface area contributed by atoms with Gasteiger partial charge in [-0.3, -0.25) is 9.78 Å². The zero-order chi connectivity index (χ0) is 24.1. The highest BCUT2D eigenvalue weighted by atomic mass is 16.5. The lowest BCUT2D eigenvalue weighted by Crippen LogP contribution is -2.24. The molecule has 2 aromatic heterocycles. The van der Waals surface area contributed by atoms with Crippen LogP contribution in [0.1, 0.15) is 27.3 Å². The predicted octanol–water partition coefficient (Wildman–Crippen LogP) is 3.96. The zero-order valence-electron chi connectivity index (χ0n) is 19.1. The number of carbonyl (C=O) groups excluding carboxylic acids is 2. The fourth-order valence-corrected chi connectivity index (χ4v) is 3.72. The van der Waals surface area contributed by atoms with Crippen LogP contribution in [-0.4, -0.2) is 41.4 Å². The Morgan fingerprint density at radius 1 is 1.09 bits per heavy atom. The van der Waals surface area contributed by atoms with Crippen molar-refractivity contribution in [3.63, 3.8) is 0 Å². The van der Waals surface area contributed by atoms with E-state index < -0.39 is 0 Å². The van der Waals surface area contributed by atoms with E-state index in [1.165, 1.54) is 7.11 Å². The number of nitrogens with zero attached hydrogens (tertiary/aromatic N) is 3. The molecule has 2 aromatic carbocycles. The molecule has 8 nitrogen and oxygen atoms in total. The Bertz CT molecular complexity index is 1370. The van der Waals surface area contributed by atoms with E-state index in [-0.39, 0.29) is 18.5 Å². The number of hydrazone groups is 1. The van der Waals surface area contributed by atoms with Crippen LogP contribution in [0, 0.1) is 13.8 Å². The second-order valence-corrected chi connectivity index (χ2v) is 7.61. The van der Waals surface area contributed by atoms with Crippen LogP contribution < -0.4 is 10.2 Å². The summed E-state index contributed by atoms with van der Waals surface area (Å²) in [5.41, 5.74) is 7.38. The summed E-state index contributed by atoms with van der Waals surface area (Å²) < 4.78 is 12.4. The largest absolute Gasteiger partial charge is 0.481 e. The van der Waals surface area contributed by atoms with Crippen LogP contribution in [0.25, 0.3) is 16.6 Å². The number of amides is 1. The fraction of sp³-hybridized carbons (Fsp3) is 0.154. The lowest BCUT2D eigenvalue weighted by atomic mass is 10.2. The molecule has 0 aliphatic rings. The van der Waals surface area contributed by atoms with E-state index in [1.807, 2.05) is 60.9 Å². The molecule has 0 spiro atoms. The van der Waals surface area contributed by atoms with Crippen LogP contribution >= 0.6 is 0 Å². The molecule has 0 aliphatic heterocycles. The van der Waals surface area contributed by atoms with Crippen LogP contribution in [0.15, 0.2) is 72.0 Å². The summed E-state index contributed by atoms with van der Waals surface area (Å²) in [7, 11) is 1.36. The van der Waals surface area contributed by atoms with E-state index >= 15 is 0 Å². The number of ether oxygens (including phenoxy) is 2. The van der Waals surface area contributed by atoms with E-state index in [9.17, 15) is 9.59 Å². The number of esters is 1. The second-order valence-electron chi connectivity index (χ2n) is 7.61. The number of carbonyl (C=O) groups is 2. The van der Waals surface area contributed by atoms with Gasteiger partial charge in [0.1, 0.15) is 11.3 Å². The summed E-state index contributed by atoms with van der Waals surface area (Å²) in [5.74, 6) is -0.216. The standard InChI is InChI=1S/C26H24N4O4/c1-17-14-21(18(2)30(17)22-11-9-20(10-12-22)26(32)33-3)15-28-29-24(31)16-34-23-8-4-6-19-7-5-13-27-25(19)23/h4-15H,16H2,1-3H3,(H,29,31). The molecule has 34 heavy (non-hydrogen) atoms. The van der Waals surface area contributed by atoms with Crippen LogP contribution in [0.5, 0.6) is 5.75 Å². The van der Waals surface area contributed by atoms with Gasteiger partial charge in [-0.2, -0.15) is 5.10 Å². The maximum absolute atomic E-state index is 12.2. The Hall–Kier alpha value is -4.46. The summed E-state index contributed by atoms with van der Waals surface area (Å²) in [5, 5.41) is 5.02. The summed E-state index contributed by atoms with van der Waals surface area (Å²) in [6, 6.07) is 18.5. The highest BCUT2D eigenvalue weighted by molar-refractivity contribution is 5.89. The van der Waals surface area contributed by atoms with E-state index in [0.717, 1.165) is 28.0 Å². The Labute approximate surface area is 196 Å². The van der Waals surface area contributed by atoms with Crippen LogP contribution in [-0.2, 0) is 9.53 Å². The Morgan fingerprint density at radius 2 is 1.85 bits per heavy atom. The van der Waals surface area contributed by atoms with Gasteiger partial charge in [-0.25, -0.2) is 10.2 Å². The Balaban J connectivity index is 1.40. The number of pyridine rings is 1. The predicted molar refractivity (Wildman–Crippen MR) is 130 cm³/mol. The molecule has 2 heterocycles. The summed E-state index contributed by atoms with van der Waals surface area (Å²) in [4.78, 5) is 28.2. The highest BCUT2D eigenvalue weighted by Crippen LogP contribution is 2.23. The molecule has 4 rings (SSSR count). The van der Waals surface area contributed by atoms with Crippen molar-refractivity contribution < 1.29 is 19.1 Å². The van der Waals surface area contributed by atoms with Gasteiger partial charge in [0.15, 0.2) is 6.61 Å². The minimum Gasteiger partial charge on any atom is -0.481 e. The van der Waals surface area contributed by atoms with Crippen molar-refractivity contribution in [1.29, 1.82) is 0 Å². The maximum Gasteiger partial charge on any atom is 0.337 e. The molecule has 0 unspecified atom stereocenters. The normalized spacial score (nSPS) is 11.0. The molecular formula is C26H24N4O4. The fourth-order valence-electron chi connectivity index (χ4n) is 3.72. The molecule has 0 atom stereocenters. The molecule has 0 bridgehead atoms. The number of para-hydroxylation sites is 1. The average molecular weight is 457 g/mol. The van der Waals surface area contributed by atoms with Gasteiger partial charge in [-0.15, -0.1) is 0 Å². The van der Waals surface area contributed by atoms with Crippen molar-refractivity contribution in [3.05, 3.63) is 89.4 Å². The minimum atomic E-state index is -0.378. The van der Waals surface area contributed by atoms with Crippen molar-refractivity contribution in [3.8, 4) is 11.4 Å². The van der Waals surface area contributed by atoms with Crippen molar-refractivity contribution in [2.75, 3.05) is 13.7 Å². The summed E-state index contributed by atoms with van der Waals surface area (Å²) in [6.07, 6.45) is 3.28. The molecule has 0 saturated carbocycles. The Kier molecular flexibility index (Phi) is 6.68. The summed E-state index contributed by atoms with van der Waals surface area (Å²) >= 11 is 0. The molecule has 0 radical (unpaired) electrons. The van der Waals surface area contributed by atoms with Crippen molar-refractivity contribution in [2.45, 2.75) is 13.8 Å². The monoisotopic (exact) mass is 456 g/mol.